The predicted molar refractivity (Wildman–Crippen MR) is 69.8 cm³/mol. The van der Waals surface area contributed by atoms with Crippen molar-refractivity contribution in [1.29, 1.82) is 0 Å². The average molecular weight is 270 g/mol. The first-order chi connectivity index (χ1) is 8.35. The number of hydrogen-bond donors (Lipinski definition) is 0. The molecular weight excluding hydrogens is 252 g/mol. The van der Waals surface area contributed by atoms with E-state index in [4.69, 9.17) is 0 Å². The standard InChI is InChI=1S/C13H18O4S/c1-10-6-4-5-7-12(10)9-18(15,16)8-11(2)13(14)17-3/h4-7,11H,8-9H2,1-3H3. The summed E-state index contributed by atoms with van der Waals surface area (Å²) in [6, 6.07) is 7.33. The molecule has 1 unspecified atom stereocenters. The van der Waals surface area contributed by atoms with Crippen LogP contribution in [0.2, 0.25) is 0 Å². The Labute approximate surface area is 108 Å². The predicted octanol–water partition coefficient (Wildman–Crippen LogP) is 1.72. The van der Waals surface area contributed by atoms with Crippen LogP contribution in [0, 0.1) is 12.8 Å². The van der Waals surface area contributed by atoms with E-state index in [1.165, 1.54) is 7.11 Å². The Hall–Kier alpha value is -1.36. The van der Waals surface area contributed by atoms with E-state index in [2.05, 4.69) is 4.74 Å². The van der Waals surface area contributed by atoms with Gasteiger partial charge in [0.2, 0.25) is 0 Å². The van der Waals surface area contributed by atoms with E-state index in [0.717, 1.165) is 11.1 Å². The van der Waals surface area contributed by atoms with Crippen LogP contribution in [-0.2, 0) is 25.1 Å². The fraction of sp³-hybridized carbons (Fsp3) is 0.462. The van der Waals surface area contributed by atoms with Crippen molar-refractivity contribution in [2.24, 2.45) is 5.92 Å². The highest BCUT2D eigenvalue weighted by Gasteiger charge is 2.22. The van der Waals surface area contributed by atoms with Crippen LogP contribution < -0.4 is 0 Å². The van der Waals surface area contributed by atoms with Crippen LogP contribution in [0.3, 0.4) is 0 Å². The van der Waals surface area contributed by atoms with E-state index in [1.807, 2.05) is 25.1 Å². The summed E-state index contributed by atoms with van der Waals surface area (Å²) in [5, 5.41) is 0. The van der Waals surface area contributed by atoms with Gasteiger partial charge >= 0.3 is 5.97 Å². The Morgan fingerprint density at radius 2 is 1.94 bits per heavy atom. The van der Waals surface area contributed by atoms with Crippen molar-refractivity contribution in [1.82, 2.24) is 0 Å². The fourth-order valence-electron chi connectivity index (χ4n) is 1.72. The molecule has 1 rings (SSSR count). The zero-order valence-corrected chi connectivity index (χ0v) is 11.7. The molecule has 0 fully saturated rings. The number of carbonyl (C=O) groups excluding carboxylic acids is 1. The fourth-order valence-corrected chi connectivity index (χ4v) is 3.53. The maximum Gasteiger partial charge on any atom is 0.309 e. The molecule has 1 aromatic rings. The van der Waals surface area contributed by atoms with Gasteiger partial charge < -0.3 is 4.74 Å². The van der Waals surface area contributed by atoms with Crippen LogP contribution in [0.25, 0.3) is 0 Å². The maximum atomic E-state index is 12.0. The van der Waals surface area contributed by atoms with E-state index < -0.39 is 21.7 Å². The summed E-state index contributed by atoms with van der Waals surface area (Å²) in [5.41, 5.74) is 1.71. The van der Waals surface area contributed by atoms with Gasteiger partial charge in [0.05, 0.1) is 24.5 Å². The zero-order chi connectivity index (χ0) is 13.8. The van der Waals surface area contributed by atoms with Crippen LogP contribution in [0.4, 0.5) is 0 Å². The van der Waals surface area contributed by atoms with E-state index in [0.29, 0.717) is 0 Å². The Morgan fingerprint density at radius 1 is 1.33 bits per heavy atom. The van der Waals surface area contributed by atoms with Crippen molar-refractivity contribution >= 4 is 15.8 Å². The van der Waals surface area contributed by atoms with E-state index in [1.54, 1.807) is 13.0 Å². The molecule has 0 saturated heterocycles. The van der Waals surface area contributed by atoms with Gasteiger partial charge in [0.15, 0.2) is 9.84 Å². The summed E-state index contributed by atoms with van der Waals surface area (Å²) in [4.78, 5) is 11.2. The quantitative estimate of drug-likeness (QED) is 0.764. The third-order valence-electron chi connectivity index (χ3n) is 2.74. The molecule has 18 heavy (non-hydrogen) atoms. The van der Waals surface area contributed by atoms with Crippen molar-refractivity contribution < 1.29 is 17.9 Å². The van der Waals surface area contributed by atoms with E-state index >= 15 is 0 Å². The highest BCUT2D eigenvalue weighted by atomic mass is 32.2. The zero-order valence-electron chi connectivity index (χ0n) is 10.8. The Morgan fingerprint density at radius 3 is 2.50 bits per heavy atom. The first-order valence-corrected chi connectivity index (χ1v) is 7.50. The van der Waals surface area contributed by atoms with Crippen LogP contribution in [0.15, 0.2) is 24.3 Å². The minimum atomic E-state index is -3.31. The van der Waals surface area contributed by atoms with Gasteiger partial charge in [0, 0.05) is 0 Å². The summed E-state index contributed by atoms with van der Waals surface area (Å²) in [5.74, 6) is -1.36. The largest absolute Gasteiger partial charge is 0.469 e. The van der Waals surface area contributed by atoms with Crippen LogP contribution in [0.5, 0.6) is 0 Å². The molecule has 0 aromatic heterocycles. The lowest BCUT2D eigenvalue weighted by molar-refractivity contribution is -0.144. The third kappa shape index (κ3) is 4.14. The topological polar surface area (TPSA) is 60.4 Å². The molecule has 1 atom stereocenters. The third-order valence-corrected chi connectivity index (χ3v) is 4.50. The minimum Gasteiger partial charge on any atom is -0.469 e. The lowest BCUT2D eigenvalue weighted by Crippen LogP contribution is -2.23. The molecule has 0 saturated carbocycles. The summed E-state index contributed by atoms with van der Waals surface area (Å²) >= 11 is 0. The molecule has 100 valence electrons. The van der Waals surface area contributed by atoms with Crippen LogP contribution >= 0.6 is 0 Å². The Balaban J connectivity index is 2.77. The Bertz CT molecular complexity index is 520. The van der Waals surface area contributed by atoms with Gasteiger partial charge in [0.1, 0.15) is 0 Å². The van der Waals surface area contributed by atoms with Crippen molar-refractivity contribution in [3.8, 4) is 0 Å². The number of hydrogen-bond acceptors (Lipinski definition) is 4. The SMILES string of the molecule is COC(=O)C(C)CS(=O)(=O)Cc1ccccc1C. The highest BCUT2D eigenvalue weighted by Crippen LogP contribution is 2.14. The summed E-state index contributed by atoms with van der Waals surface area (Å²) in [6.07, 6.45) is 0. The van der Waals surface area contributed by atoms with E-state index in [9.17, 15) is 13.2 Å². The van der Waals surface area contributed by atoms with Crippen LogP contribution in [0.1, 0.15) is 18.1 Å². The molecule has 0 aliphatic heterocycles. The van der Waals surface area contributed by atoms with Gasteiger partial charge in [-0.15, -0.1) is 0 Å². The molecule has 0 N–H and O–H groups in total. The molecule has 1 aromatic carbocycles. The minimum absolute atomic E-state index is 0.0407. The normalized spacial score (nSPS) is 13.1. The summed E-state index contributed by atoms with van der Waals surface area (Å²) < 4.78 is 28.5. The highest BCUT2D eigenvalue weighted by molar-refractivity contribution is 7.90. The van der Waals surface area contributed by atoms with Gasteiger partial charge in [-0.25, -0.2) is 8.42 Å². The number of ether oxygens (including phenoxy) is 1. The molecule has 0 amide bonds. The monoisotopic (exact) mass is 270 g/mol. The molecule has 0 spiro atoms. The number of esters is 1. The van der Waals surface area contributed by atoms with Crippen molar-refractivity contribution in [3.63, 3.8) is 0 Å². The van der Waals surface area contributed by atoms with Gasteiger partial charge in [-0.2, -0.15) is 0 Å². The second-order valence-electron chi connectivity index (χ2n) is 4.41. The van der Waals surface area contributed by atoms with Crippen molar-refractivity contribution in [2.75, 3.05) is 12.9 Å². The first-order valence-electron chi connectivity index (χ1n) is 5.68. The number of benzene rings is 1. The smallest absolute Gasteiger partial charge is 0.309 e. The molecule has 0 aliphatic carbocycles. The summed E-state index contributed by atoms with van der Waals surface area (Å²) in [6.45, 7) is 3.43. The lowest BCUT2D eigenvalue weighted by Gasteiger charge is -2.11. The average Bonchev–Trinajstić information content (AvgIpc) is 2.30. The molecule has 0 aliphatic rings. The number of methoxy groups -OCH3 is 1. The van der Waals surface area contributed by atoms with Crippen LogP contribution in [-0.4, -0.2) is 27.2 Å². The maximum absolute atomic E-state index is 12.0. The second kappa shape index (κ2) is 6.00. The molecule has 5 heteroatoms. The van der Waals surface area contributed by atoms with Gasteiger partial charge in [-0.1, -0.05) is 31.2 Å². The van der Waals surface area contributed by atoms with Crippen molar-refractivity contribution in [3.05, 3.63) is 35.4 Å². The molecule has 0 radical (unpaired) electrons. The number of carbonyl (C=O) groups is 1. The number of sulfone groups is 1. The van der Waals surface area contributed by atoms with Gasteiger partial charge in [-0.3, -0.25) is 4.79 Å². The number of aryl methyl sites for hydroxylation is 1. The summed E-state index contributed by atoms with van der Waals surface area (Å²) in [7, 11) is -2.06. The lowest BCUT2D eigenvalue weighted by atomic mass is 10.1. The number of rotatable bonds is 5. The molecule has 0 heterocycles. The molecular formula is C13H18O4S. The second-order valence-corrected chi connectivity index (χ2v) is 6.51. The van der Waals surface area contributed by atoms with E-state index in [-0.39, 0.29) is 11.5 Å². The molecule has 4 nitrogen and oxygen atoms in total. The molecule has 0 bridgehead atoms. The first kappa shape index (κ1) is 14.7. The van der Waals surface area contributed by atoms with Gasteiger partial charge in [-0.05, 0) is 18.1 Å². The van der Waals surface area contributed by atoms with Crippen molar-refractivity contribution in [2.45, 2.75) is 19.6 Å². The van der Waals surface area contributed by atoms with Gasteiger partial charge in [0.25, 0.3) is 0 Å². The Kier molecular flexibility index (Phi) is 4.90.